The highest BCUT2D eigenvalue weighted by Crippen LogP contribution is 2.52. The predicted octanol–water partition coefficient (Wildman–Crippen LogP) is 14.4. The summed E-state index contributed by atoms with van der Waals surface area (Å²) in [4.78, 5) is 0. The molecule has 11 rings (SSSR count). The molecule has 0 bridgehead atoms. The van der Waals surface area contributed by atoms with Crippen LogP contribution in [0.15, 0.2) is 168 Å². The molecule has 0 aliphatic carbocycles. The second-order valence-electron chi connectivity index (χ2n) is 13.9. The quantitative estimate of drug-likeness (QED) is 0.175. The molecule has 1 aliphatic heterocycles. The van der Waals surface area contributed by atoms with Crippen LogP contribution in [0.3, 0.4) is 0 Å². The molecule has 10 aromatic rings. The van der Waals surface area contributed by atoms with Gasteiger partial charge in [0.05, 0.1) is 0 Å². The van der Waals surface area contributed by atoms with E-state index in [9.17, 15) is 0 Å². The molecule has 2 nitrogen and oxygen atoms in total. The first-order valence-corrected chi connectivity index (χ1v) is 18.1. The van der Waals surface area contributed by atoms with Crippen molar-refractivity contribution in [3.05, 3.63) is 169 Å². The highest BCUT2D eigenvalue weighted by molar-refractivity contribution is 6.20. The standard InChI is InChI=1S/C50H32O2/c1-2-36-38-22-19-31(32-20-23-40-39-15-8-9-17-45(39)51-47(40)28-32)26-44(38)41-16-10-18-46-50(41)49(36)42-24-21-34(29-48(42)52-46)43-27-35(30-11-4-3-5-12-30)25-33-13-6-7-14-37(33)43/h3-29H,2H2,1H3. The van der Waals surface area contributed by atoms with Crippen LogP contribution in [0.25, 0.3) is 98.8 Å². The van der Waals surface area contributed by atoms with Gasteiger partial charge in [0.1, 0.15) is 22.7 Å². The molecule has 1 aromatic heterocycles. The topological polar surface area (TPSA) is 22.4 Å². The van der Waals surface area contributed by atoms with E-state index in [1.807, 2.05) is 12.1 Å². The Bertz CT molecular complexity index is 3070. The molecule has 52 heavy (non-hydrogen) atoms. The number of fused-ring (bicyclic) bond motifs is 8. The zero-order valence-electron chi connectivity index (χ0n) is 28.6. The molecule has 9 aromatic carbocycles. The van der Waals surface area contributed by atoms with Crippen molar-refractivity contribution in [1.82, 2.24) is 0 Å². The number of hydrogen-bond acceptors (Lipinski definition) is 2. The van der Waals surface area contributed by atoms with Crippen LogP contribution in [0.4, 0.5) is 0 Å². The first-order valence-electron chi connectivity index (χ1n) is 18.1. The maximum Gasteiger partial charge on any atom is 0.136 e. The smallest absolute Gasteiger partial charge is 0.136 e. The third-order valence-electron chi connectivity index (χ3n) is 11.0. The molecular formula is C50H32O2. The zero-order chi connectivity index (χ0) is 34.3. The average molecular weight is 665 g/mol. The fraction of sp³-hybridized carbons (Fsp3) is 0.0400. The van der Waals surface area contributed by atoms with Crippen molar-refractivity contribution in [2.24, 2.45) is 0 Å². The van der Waals surface area contributed by atoms with E-state index in [0.29, 0.717) is 0 Å². The van der Waals surface area contributed by atoms with Crippen LogP contribution < -0.4 is 4.74 Å². The van der Waals surface area contributed by atoms with Crippen LogP contribution in [-0.4, -0.2) is 0 Å². The minimum atomic E-state index is 0.900. The van der Waals surface area contributed by atoms with Gasteiger partial charge in [-0.05, 0) is 127 Å². The van der Waals surface area contributed by atoms with Crippen LogP contribution in [0, 0.1) is 0 Å². The SMILES string of the molecule is CCc1c2c3c(cccc3c3cc(-c4ccc5c(c4)oc4ccccc45)ccc13)Oc1cc(-c3cc(-c4ccccc4)cc4ccccc34)ccc1-2. The lowest BCUT2D eigenvalue weighted by Crippen LogP contribution is -2.02. The highest BCUT2D eigenvalue weighted by Gasteiger charge is 2.26. The molecule has 0 radical (unpaired) electrons. The zero-order valence-corrected chi connectivity index (χ0v) is 28.6. The van der Waals surface area contributed by atoms with Crippen LogP contribution >= 0.6 is 0 Å². The summed E-state index contributed by atoms with van der Waals surface area (Å²) in [5.41, 5.74) is 12.7. The summed E-state index contributed by atoms with van der Waals surface area (Å²) in [6, 6.07) is 59.0. The number of ether oxygens (including phenoxy) is 1. The van der Waals surface area contributed by atoms with Crippen molar-refractivity contribution in [2.75, 3.05) is 0 Å². The Labute approximate surface area is 301 Å². The largest absolute Gasteiger partial charge is 0.456 e. The fourth-order valence-electron chi connectivity index (χ4n) is 8.61. The van der Waals surface area contributed by atoms with Crippen LogP contribution in [0.2, 0.25) is 0 Å². The van der Waals surface area contributed by atoms with Gasteiger partial charge in [-0.2, -0.15) is 0 Å². The molecule has 0 saturated heterocycles. The van der Waals surface area contributed by atoms with E-state index in [4.69, 9.17) is 9.15 Å². The molecule has 0 N–H and O–H groups in total. The average Bonchev–Trinajstić information content (AvgIpc) is 3.58. The van der Waals surface area contributed by atoms with E-state index in [1.165, 1.54) is 65.7 Å². The summed E-state index contributed by atoms with van der Waals surface area (Å²) in [7, 11) is 0. The minimum absolute atomic E-state index is 0.900. The number of aryl methyl sites for hydroxylation is 1. The third kappa shape index (κ3) is 4.31. The normalized spacial score (nSPS) is 12.2. The van der Waals surface area contributed by atoms with Crippen molar-refractivity contribution in [2.45, 2.75) is 13.3 Å². The molecule has 2 heterocycles. The lowest BCUT2D eigenvalue weighted by molar-refractivity contribution is 0.487. The molecule has 0 fully saturated rings. The minimum Gasteiger partial charge on any atom is -0.456 e. The summed E-state index contributed by atoms with van der Waals surface area (Å²) < 4.78 is 13.1. The van der Waals surface area contributed by atoms with Gasteiger partial charge in [-0.15, -0.1) is 0 Å². The fourth-order valence-corrected chi connectivity index (χ4v) is 8.61. The lowest BCUT2D eigenvalue weighted by Gasteiger charge is -2.26. The second kappa shape index (κ2) is 11.2. The Kier molecular flexibility index (Phi) is 6.26. The Morgan fingerprint density at radius 1 is 0.404 bits per heavy atom. The molecule has 2 heteroatoms. The van der Waals surface area contributed by atoms with Gasteiger partial charge in [0.2, 0.25) is 0 Å². The van der Waals surface area contributed by atoms with Gasteiger partial charge in [0, 0.05) is 27.3 Å². The molecule has 244 valence electrons. The molecule has 0 saturated carbocycles. The van der Waals surface area contributed by atoms with Gasteiger partial charge in [-0.25, -0.2) is 0 Å². The van der Waals surface area contributed by atoms with E-state index in [0.717, 1.165) is 56.5 Å². The van der Waals surface area contributed by atoms with Crippen molar-refractivity contribution in [1.29, 1.82) is 0 Å². The van der Waals surface area contributed by atoms with Crippen molar-refractivity contribution >= 4 is 54.3 Å². The van der Waals surface area contributed by atoms with E-state index >= 15 is 0 Å². The Morgan fingerprint density at radius 2 is 1.13 bits per heavy atom. The molecule has 0 unspecified atom stereocenters. The first kappa shape index (κ1) is 29.1. The summed E-state index contributed by atoms with van der Waals surface area (Å²) in [6.45, 7) is 2.27. The van der Waals surface area contributed by atoms with Gasteiger partial charge in [0.25, 0.3) is 0 Å². The summed E-state index contributed by atoms with van der Waals surface area (Å²) in [5.74, 6) is 1.81. The van der Waals surface area contributed by atoms with Crippen LogP contribution in [-0.2, 0) is 6.42 Å². The van der Waals surface area contributed by atoms with Gasteiger partial charge < -0.3 is 9.15 Å². The van der Waals surface area contributed by atoms with Gasteiger partial charge in [0.15, 0.2) is 0 Å². The van der Waals surface area contributed by atoms with E-state index in [2.05, 4.69) is 159 Å². The monoisotopic (exact) mass is 664 g/mol. The Hall–Kier alpha value is -6.64. The molecule has 1 aliphatic rings. The number of para-hydroxylation sites is 1. The second-order valence-corrected chi connectivity index (χ2v) is 13.9. The van der Waals surface area contributed by atoms with E-state index < -0.39 is 0 Å². The number of benzene rings is 9. The van der Waals surface area contributed by atoms with Gasteiger partial charge in [-0.1, -0.05) is 116 Å². The summed E-state index contributed by atoms with van der Waals surface area (Å²) in [5, 5.41) is 9.68. The lowest BCUT2D eigenvalue weighted by atomic mass is 9.83. The molecule has 0 spiro atoms. The highest BCUT2D eigenvalue weighted by atomic mass is 16.5. The Balaban J connectivity index is 1.08. The van der Waals surface area contributed by atoms with Crippen molar-refractivity contribution in [3.63, 3.8) is 0 Å². The van der Waals surface area contributed by atoms with Crippen molar-refractivity contribution < 1.29 is 9.15 Å². The third-order valence-corrected chi connectivity index (χ3v) is 11.0. The van der Waals surface area contributed by atoms with E-state index in [1.54, 1.807) is 0 Å². The first-order chi connectivity index (χ1) is 25.7. The summed E-state index contributed by atoms with van der Waals surface area (Å²) in [6.07, 6.45) is 0.908. The van der Waals surface area contributed by atoms with Gasteiger partial charge >= 0.3 is 0 Å². The maximum absolute atomic E-state index is 6.87. The van der Waals surface area contributed by atoms with Crippen LogP contribution in [0.1, 0.15) is 12.5 Å². The molecule has 0 amide bonds. The van der Waals surface area contributed by atoms with Gasteiger partial charge in [-0.3, -0.25) is 0 Å². The maximum atomic E-state index is 6.87. The van der Waals surface area contributed by atoms with Crippen molar-refractivity contribution in [3.8, 4) is 56.0 Å². The number of furan rings is 1. The predicted molar refractivity (Wildman–Crippen MR) is 217 cm³/mol. The number of rotatable bonds is 4. The van der Waals surface area contributed by atoms with E-state index in [-0.39, 0.29) is 0 Å². The van der Waals surface area contributed by atoms with Crippen LogP contribution in [0.5, 0.6) is 11.5 Å². The molecule has 0 atom stereocenters. The summed E-state index contributed by atoms with van der Waals surface area (Å²) >= 11 is 0. The molecular weight excluding hydrogens is 633 g/mol. The Morgan fingerprint density at radius 3 is 2.02 bits per heavy atom. The number of hydrogen-bond donors (Lipinski definition) is 0.